The zero-order chi connectivity index (χ0) is 15.9. The zero-order valence-corrected chi connectivity index (χ0v) is 12.9. The highest BCUT2D eigenvalue weighted by Crippen LogP contribution is 2.20. The van der Waals surface area contributed by atoms with Crippen LogP contribution in [0.2, 0.25) is 0 Å². The van der Waals surface area contributed by atoms with E-state index in [1.807, 2.05) is 44.2 Å². The fraction of sp³-hybridized carbons (Fsp3) is 0.333. The highest BCUT2D eigenvalue weighted by molar-refractivity contribution is 5.28. The minimum Gasteiger partial charge on any atom is -0.508 e. The van der Waals surface area contributed by atoms with Gasteiger partial charge in [0.15, 0.2) is 0 Å². The second kappa shape index (κ2) is 7.82. The number of aliphatic hydroxyl groups is 1. The number of phenols is 1. The van der Waals surface area contributed by atoms with Crippen molar-refractivity contribution in [3.8, 4) is 11.5 Å². The fourth-order valence-electron chi connectivity index (χ4n) is 2.29. The third-order valence-corrected chi connectivity index (χ3v) is 3.50. The number of ether oxygens (including phenoxy) is 1. The largest absolute Gasteiger partial charge is 0.508 e. The molecule has 3 N–H and O–H groups in total. The minimum absolute atomic E-state index is 0.0990. The number of benzene rings is 2. The number of hydrogen-bond donors (Lipinski definition) is 3. The zero-order valence-electron chi connectivity index (χ0n) is 12.9. The average Bonchev–Trinajstić information content (AvgIpc) is 2.54. The van der Waals surface area contributed by atoms with E-state index in [1.165, 1.54) is 0 Å². The Morgan fingerprint density at radius 2 is 1.64 bits per heavy atom. The lowest BCUT2D eigenvalue weighted by Crippen LogP contribution is -2.41. The van der Waals surface area contributed by atoms with Crippen molar-refractivity contribution in [1.29, 1.82) is 0 Å². The van der Waals surface area contributed by atoms with Crippen LogP contribution in [0.15, 0.2) is 54.6 Å². The van der Waals surface area contributed by atoms with Crippen molar-refractivity contribution in [2.75, 3.05) is 6.61 Å². The van der Waals surface area contributed by atoms with Crippen LogP contribution in [0.4, 0.5) is 0 Å². The molecule has 4 heteroatoms. The topological polar surface area (TPSA) is 61.7 Å². The number of hydrogen-bond acceptors (Lipinski definition) is 4. The molecule has 2 aromatic rings. The van der Waals surface area contributed by atoms with Gasteiger partial charge in [-0.25, -0.2) is 0 Å². The predicted molar refractivity (Wildman–Crippen MR) is 87.1 cm³/mol. The van der Waals surface area contributed by atoms with E-state index in [9.17, 15) is 10.2 Å². The van der Waals surface area contributed by atoms with Crippen LogP contribution in [0.25, 0.3) is 0 Å². The van der Waals surface area contributed by atoms with Gasteiger partial charge in [0, 0.05) is 12.1 Å². The van der Waals surface area contributed by atoms with Crippen LogP contribution in [0.1, 0.15) is 25.5 Å². The molecule has 22 heavy (non-hydrogen) atoms. The lowest BCUT2D eigenvalue weighted by molar-refractivity contribution is 0.124. The van der Waals surface area contributed by atoms with Gasteiger partial charge in [0.1, 0.15) is 18.1 Å². The Bertz CT molecular complexity index is 556. The minimum atomic E-state index is -0.639. The van der Waals surface area contributed by atoms with Gasteiger partial charge in [-0.3, -0.25) is 0 Å². The maximum atomic E-state index is 10.3. The predicted octanol–water partition coefficient (Wildman–Crippen LogP) is 2.87. The Labute approximate surface area is 131 Å². The van der Waals surface area contributed by atoms with Crippen molar-refractivity contribution in [2.45, 2.75) is 32.0 Å². The summed E-state index contributed by atoms with van der Waals surface area (Å²) in [5, 5.41) is 22.9. The molecule has 3 atom stereocenters. The van der Waals surface area contributed by atoms with Crippen molar-refractivity contribution < 1.29 is 14.9 Å². The molecular formula is C18H23NO3. The molecule has 0 bridgehead atoms. The van der Waals surface area contributed by atoms with Gasteiger partial charge < -0.3 is 20.3 Å². The maximum Gasteiger partial charge on any atom is 0.119 e. The Morgan fingerprint density at radius 1 is 1.00 bits per heavy atom. The van der Waals surface area contributed by atoms with Gasteiger partial charge in [-0.1, -0.05) is 30.3 Å². The summed E-state index contributed by atoms with van der Waals surface area (Å²) >= 11 is 0. The summed E-state index contributed by atoms with van der Waals surface area (Å²) < 4.78 is 5.69. The van der Waals surface area contributed by atoms with Crippen LogP contribution in [0, 0.1) is 0 Å². The highest BCUT2D eigenvalue weighted by Gasteiger charge is 2.18. The molecule has 0 aliphatic heterocycles. The molecule has 2 rings (SSSR count). The van der Waals surface area contributed by atoms with Crippen molar-refractivity contribution >= 4 is 0 Å². The van der Waals surface area contributed by atoms with E-state index < -0.39 is 6.10 Å². The quantitative estimate of drug-likeness (QED) is 0.736. The molecule has 0 fully saturated rings. The molecule has 0 amide bonds. The van der Waals surface area contributed by atoms with Gasteiger partial charge in [-0.2, -0.15) is 0 Å². The van der Waals surface area contributed by atoms with E-state index in [1.54, 1.807) is 24.3 Å². The third-order valence-electron chi connectivity index (χ3n) is 3.50. The Hall–Kier alpha value is -2.04. The van der Waals surface area contributed by atoms with Crippen LogP contribution in [0.5, 0.6) is 11.5 Å². The maximum absolute atomic E-state index is 10.3. The molecule has 0 unspecified atom stereocenters. The van der Waals surface area contributed by atoms with Gasteiger partial charge in [0.05, 0.1) is 6.10 Å². The standard InChI is InChI=1S/C18H23NO3/c1-13(12-22-17-6-4-3-5-7-17)19-14(2)18(21)15-8-10-16(20)11-9-15/h3-11,13-14,18-21H,12H2,1-2H3/t13-,14+,18+/m1/s1. The molecule has 0 aliphatic carbocycles. The van der Waals surface area contributed by atoms with Gasteiger partial charge >= 0.3 is 0 Å². The molecule has 2 aromatic carbocycles. The second-order valence-corrected chi connectivity index (χ2v) is 5.52. The van der Waals surface area contributed by atoms with Gasteiger partial charge in [-0.05, 0) is 43.7 Å². The Kier molecular flexibility index (Phi) is 5.81. The van der Waals surface area contributed by atoms with Crippen LogP contribution in [-0.2, 0) is 0 Å². The Morgan fingerprint density at radius 3 is 2.27 bits per heavy atom. The molecular weight excluding hydrogens is 278 g/mol. The summed E-state index contributed by atoms with van der Waals surface area (Å²) in [5.74, 6) is 1.03. The van der Waals surface area contributed by atoms with E-state index in [0.29, 0.717) is 6.61 Å². The van der Waals surface area contributed by atoms with Crippen molar-refractivity contribution in [3.63, 3.8) is 0 Å². The Balaban J connectivity index is 1.82. The molecule has 0 spiro atoms. The molecule has 0 aliphatic rings. The summed E-state index contributed by atoms with van der Waals surface area (Å²) in [5.41, 5.74) is 0.772. The normalized spacial score (nSPS) is 15.0. The van der Waals surface area contributed by atoms with Crippen molar-refractivity contribution in [3.05, 3.63) is 60.2 Å². The average molecular weight is 301 g/mol. The first-order valence-electron chi connectivity index (χ1n) is 7.47. The van der Waals surface area contributed by atoms with Crippen LogP contribution < -0.4 is 10.1 Å². The van der Waals surface area contributed by atoms with E-state index >= 15 is 0 Å². The molecule has 0 saturated carbocycles. The SMILES string of the molecule is C[C@H](COc1ccccc1)N[C@@H](C)[C@H](O)c1ccc(O)cc1. The number of aromatic hydroxyl groups is 1. The molecule has 0 aromatic heterocycles. The monoisotopic (exact) mass is 301 g/mol. The number of nitrogens with one attached hydrogen (secondary N) is 1. The van der Waals surface area contributed by atoms with Gasteiger partial charge in [-0.15, -0.1) is 0 Å². The van der Waals surface area contributed by atoms with Crippen molar-refractivity contribution in [2.24, 2.45) is 0 Å². The summed E-state index contributed by atoms with van der Waals surface area (Å²) in [4.78, 5) is 0. The van der Waals surface area contributed by atoms with Gasteiger partial charge in [0.2, 0.25) is 0 Å². The summed E-state index contributed by atoms with van der Waals surface area (Å²) in [6, 6.07) is 16.2. The molecule has 0 heterocycles. The lowest BCUT2D eigenvalue weighted by atomic mass is 10.0. The molecule has 118 valence electrons. The van der Waals surface area contributed by atoms with E-state index in [-0.39, 0.29) is 17.8 Å². The number of rotatable bonds is 7. The van der Waals surface area contributed by atoms with E-state index in [4.69, 9.17) is 4.74 Å². The first-order chi connectivity index (χ1) is 10.6. The van der Waals surface area contributed by atoms with E-state index in [2.05, 4.69) is 5.32 Å². The first-order valence-corrected chi connectivity index (χ1v) is 7.47. The molecule has 0 saturated heterocycles. The third kappa shape index (κ3) is 4.76. The first kappa shape index (κ1) is 16.3. The molecule has 0 radical (unpaired) electrons. The smallest absolute Gasteiger partial charge is 0.119 e. The fourth-order valence-corrected chi connectivity index (χ4v) is 2.29. The summed E-state index contributed by atoms with van der Waals surface area (Å²) in [7, 11) is 0. The second-order valence-electron chi connectivity index (χ2n) is 5.52. The van der Waals surface area contributed by atoms with Gasteiger partial charge in [0.25, 0.3) is 0 Å². The number of phenolic OH excluding ortho intramolecular Hbond substituents is 1. The highest BCUT2D eigenvalue weighted by atomic mass is 16.5. The summed E-state index contributed by atoms with van der Waals surface area (Å²) in [6.45, 7) is 4.47. The number of aliphatic hydroxyl groups excluding tert-OH is 1. The summed E-state index contributed by atoms with van der Waals surface area (Å²) in [6.07, 6.45) is -0.639. The number of para-hydroxylation sites is 1. The van der Waals surface area contributed by atoms with E-state index in [0.717, 1.165) is 11.3 Å². The van der Waals surface area contributed by atoms with Crippen LogP contribution in [-0.4, -0.2) is 28.9 Å². The van der Waals surface area contributed by atoms with Crippen LogP contribution >= 0.6 is 0 Å². The molecule has 4 nitrogen and oxygen atoms in total. The van der Waals surface area contributed by atoms with Crippen molar-refractivity contribution in [1.82, 2.24) is 5.32 Å². The van der Waals surface area contributed by atoms with Crippen LogP contribution in [0.3, 0.4) is 0 Å². The lowest BCUT2D eigenvalue weighted by Gasteiger charge is -2.25.